The van der Waals surface area contributed by atoms with Gasteiger partial charge in [0.05, 0.1) is 40.5 Å². The summed E-state index contributed by atoms with van der Waals surface area (Å²) >= 11 is 1.15. The van der Waals surface area contributed by atoms with Crippen molar-refractivity contribution in [2.24, 2.45) is 4.99 Å². The van der Waals surface area contributed by atoms with Gasteiger partial charge < -0.3 is 9.47 Å². The van der Waals surface area contributed by atoms with Gasteiger partial charge >= 0.3 is 5.97 Å². The Bertz CT molecular complexity index is 1500. The zero-order valence-electron chi connectivity index (χ0n) is 18.7. The van der Waals surface area contributed by atoms with Crippen LogP contribution in [0.3, 0.4) is 0 Å². The van der Waals surface area contributed by atoms with Gasteiger partial charge in [-0.25, -0.2) is 9.79 Å². The normalized spacial score (nSPS) is 15.5. The van der Waals surface area contributed by atoms with Crippen molar-refractivity contribution in [2.75, 3.05) is 13.7 Å². The monoisotopic (exact) mass is 479 g/mol. The lowest BCUT2D eigenvalue weighted by Gasteiger charge is -2.25. The Hall–Kier alpha value is -4.05. The minimum Gasteiger partial charge on any atom is -0.497 e. The number of esters is 1. The predicted molar refractivity (Wildman–Crippen MR) is 126 cm³/mol. The smallest absolute Gasteiger partial charge is 0.338 e. The van der Waals surface area contributed by atoms with Crippen LogP contribution in [-0.2, 0) is 9.53 Å². The van der Waals surface area contributed by atoms with E-state index in [9.17, 15) is 19.7 Å². The van der Waals surface area contributed by atoms with Crippen LogP contribution in [0.2, 0.25) is 0 Å². The summed E-state index contributed by atoms with van der Waals surface area (Å²) in [6.45, 7) is 3.59. The van der Waals surface area contributed by atoms with Gasteiger partial charge in [0.1, 0.15) is 5.75 Å². The van der Waals surface area contributed by atoms with Gasteiger partial charge in [-0.15, -0.1) is 0 Å². The first-order chi connectivity index (χ1) is 16.3. The number of fused-ring (bicyclic) bond motifs is 1. The van der Waals surface area contributed by atoms with Gasteiger partial charge in [0.25, 0.3) is 11.2 Å². The van der Waals surface area contributed by atoms with E-state index < -0.39 is 16.9 Å². The number of carbonyl (C=O) groups excluding carboxylic acids is 1. The number of non-ortho nitro benzene ring substituents is 1. The lowest BCUT2D eigenvalue weighted by molar-refractivity contribution is -0.384. The molecule has 0 saturated heterocycles. The van der Waals surface area contributed by atoms with Crippen LogP contribution < -0.4 is 19.6 Å². The summed E-state index contributed by atoms with van der Waals surface area (Å²) in [6.07, 6.45) is 1.59. The maximum Gasteiger partial charge on any atom is 0.338 e. The summed E-state index contributed by atoms with van der Waals surface area (Å²) < 4.78 is 12.4. The molecule has 0 bridgehead atoms. The van der Waals surface area contributed by atoms with E-state index in [4.69, 9.17) is 9.47 Å². The Morgan fingerprint density at radius 3 is 2.74 bits per heavy atom. The van der Waals surface area contributed by atoms with E-state index in [2.05, 4.69) is 4.99 Å². The SMILES string of the molecule is CCOC(=O)C1=C(C)N=c2sc(=Cc3cccc([N+](=O)[O-])c3)c(=O)n2C1c1cccc(OC)c1. The third-order valence-electron chi connectivity index (χ3n) is 5.31. The van der Waals surface area contributed by atoms with Gasteiger partial charge in [0.2, 0.25) is 0 Å². The molecule has 10 heteroatoms. The van der Waals surface area contributed by atoms with Crippen molar-refractivity contribution < 1.29 is 19.2 Å². The molecule has 1 unspecified atom stereocenters. The van der Waals surface area contributed by atoms with Gasteiger partial charge in [-0.05, 0) is 43.2 Å². The summed E-state index contributed by atoms with van der Waals surface area (Å²) in [7, 11) is 1.54. The van der Waals surface area contributed by atoms with E-state index in [0.717, 1.165) is 11.3 Å². The number of benzene rings is 2. The molecule has 0 radical (unpaired) electrons. The van der Waals surface area contributed by atoms with E-state index in [1.54, 1.807) is 50.3 Å². The average Bonchev–Trinajstić information content (AvgIpc) is 3.12. The van der Waals surface area contributed by atoms with Gasteiger partial charge in [0.15, 0.2) is 4.80 Å². The molecular formula is C24H21N3O6S. The molecule has 1 aliphatic heterocycles. The van der Waals surface area contributed by atoms with Crippen LogP contribution >= 0.6 is 11.3 Å². The number of hydrogen-bond donors (Lipinski definition) is 0. The molecule has 0 N–H and O–H groups in total. The van der Waals surface area contributed by atoms with E-state index in [-0.39, 0.29) is 23.4 Å². The lowest BCUT2D eigenvalue weighted by atomic mass is 9.95. The summed E-state index contributed by atoms with van der Waals surface area (Å²) in [5.74, 6) is 0.0265. The zero-order valence-corrected chi connectivity index (χ0v) is 19.5. The number of rotatable bonds is 6. The second-order valence-corrected chi connectivity index (χ2v) is 8.44. The van der Waals surface area contributed by atoms with Crippen LogP contribution in [0.5, 0.6) is 5.75 Å². The highest BCUT2D eigenvalue weighted by Gasteiger charge is 2.33. The molecule has 34 heavy (non-hydrogen) atoms. The zero-order chi connectivity index (χ0) is 24.4. The summed E-state index contributed by atoms with van der Waals surface area (Å²) in [4.78, 5) is 42.0. The highest BCUT2D eigenvalue weighted by Crippen LogP contribution is 2.32. The summed E-state index contributed by atoms with van der Waals surface area (Å²) in [5.41, 5.74) is 1.46. The van der Waals surface area contributed by atoms with Crippen LogP contribution in [0.25, 0.3) is 6.08 Å². The number of nitro benzene ring substituents is 1. The number of nitro groups is 1. The molecule has 1 aromatic heterocycles. The number of methoxy groups -OCH3 is 1. The summed E-state index contributed by atoms with van der Waals surface area (Å²) in [5, 5.41) is 11.1. The molecule has 1 aliphatic rings. The molecule has 0 aliphatic carbocycles. The minimum absolute atomic E-state index is 0.0729. The van der Waals surface area contributed by atoms with Crippen molar-refractivity contribution in [2.45, 2.75) is 19.9 Å². The van der Waals surface area contributed by atoms with E-state index in [1.165, 1.54) is 23.8 Å². The largest absolute Gasteiger partial charge is 0.497 e. The Balaban J connectivity index is 1.95. The first-order valence-electron chi connectivity index (χ1n) is 10.4. The van der Waals surface area contributed by atoms with Crippen molar-refractivity contribution in [1.29, 1.82) is 0 Å². The Morgan fingerprint density at radius 2 is 2.03 bits per heavy atom. The van der Waals surface area contributed by atoms with Gasteiger partial charge in [-0.3, -0.25) is 19.5 Å². The van der Waals surface area contributed by atoms with E-state index in [1.807, 2.05) is 6.07 Å². The number of carbonyl (C=O) groups is 1. The van der Waals surface area contributed by atoms with E-state index in [0.29, 0.717) is 31.9 Å². The average molecular weight is 480 g/mol. The molecular weight excluding hydrogens is 458 g/mol. The molecule has 0 saturated carbocycles. The van der Waals surface area contributed by atoms with Crippen LogP contribution in [0.4, 0.5) is 5.69 Å². The third kappa shape index (κ3) is 4.27. The fourth-order valence-electron chi connectivity index (χ4n) is 3.80. The standard InChI is InChI=1S/C24H21N3O6S/c1-4-33-23(29)20-14(2)25-24-26(21(20)16-8-6-10-18(13-16)32-3)22(28)19(34-24)12-15-7-5-9-17(11-15)27(30)31/h5-13,21H,4H2,1-3H3. The van der Waals surface area contributed by atoms with Gasteiger partial charge in [-0.2, -0.15) is 0 Å². The third-order valence-corrected chi connectivity index (χ3v) is 6.29. The molecule has 3 aromatic rings. The maximum atomic E-state index is 13.5. The van der Waals surface area contributed by atoms with Crippen LogP contribution in [-0.4, -0.2) is 29.2 Å². The Kier molecular flexibility index (Phi) is 6.42. The first kappa shape index (κ1) is 23.1. The van der Waals surface area contributed by atoms with Crippen molar-refractivity contribution in [3.05, 3.63) is 101 Å². The molecule has 4 rings (SSSR count). The van der Waals surface area contributed by atoms with Crippen molar-refractivity contribution in [3.8, 4) is 5.75 Å². The molecule has 1 atom stereocenters. The molecule has 174 valence electrons. The molecule has 0 amide bonds. The number of allylic oxidation sites excluding steroid dienone is 1. The fourth-order valence-corrected chi connectivity index (χ4v) is 4.84. The first-order valence-corrected chi connectivity index (χ1v) is 11.2. The second-order valence-electron chi connectivity index (χ2n) is 7.43. The van der Waals surface area contributed by atoms with E-state index >= 15 is 0 Å². The predicted octanol–water partition coefficient (Wildman–Crippen LogP) is 2.72. The molecule has 2 heterocycles. The Morgan fingerprint density at radius 1 is 1.26 bits per heavy atom. The quantitative estimate of drug-likeness (QED) is 0.305. The van der Waals surface area contributed by atoms with Crippen LogP contribution in [0.1, 0.15) is 31.0 Å². The minimum atomic E-state index is -0.766. The highest BCUT2D eigenvalue weighted by atomic mass is 32.1. The van der Waals surface area contributed by atoms with Crippen LogP contribution in [0, 0.1) is 10.1 Å². The second kappa shape index (κ2) is 9.44. The van der Waals surface area contributed by atoms with Crippen molar-refractivity contribution in [1.82, 2.24) is 4.57 Å². The molecule has 2 aromatic carbocycles. The maximum absolute atomic E-state index is 13.5. The van der Waals surface area contributed by atoms with Crippen molar-refractivity contribution in [3.63, 3.8) is 0 Å². The van der Waals surface area contributed by atoms with Gasteiger partial charge in [-0.1, -0.05) is 35.6 Å². The summed E-state index contributed by atoms with van der Waals surface area (Å²) in [6, 6.07) is 12.4. The lowest BCUT2D eigenvalue weighted by Crippen LogP contribution is -2.39. The topological polar surface area (TPSA) is 113 Å². The fraction of sp³-hybridized carbons (Fsp3) is 0.208. The van der Waals surface area contributed by atoms with Gasteiger partial charge in [0, 0.05) is 12.1 Å². The molecule has 0 fully saturated rings. The molecule has 9 nitrogen and oxygen atoms in total. The Labute approximate surface area is 198 Å². The van der Waals surface area contributed by atoms with Crippen molar-refractivity contribution >= 4 is 29.1 Å². The number of ether oxygens (including phenoxy) is 2. The molecule has 0 spiro atoms. The number of nitrogens with zero attached hydrogens (tertiary/aromatic N) is 3. The number of aromatic nitrogens is 1. The van der Waals surface area contributed by atoms with Crippen LogP contribution in [0.15, 0.2) is 69.6 Å². The number of thiazole rings is 1. The number of hydrogen-bond acceptors (Lipinski definition) is 8. The highest BCUT2D eigenvalue weighted by molar-refractivity contribution is 7.07.